The van der Waals surface area contributed by atoms with E-state index in [1.165, 1.54) is 0 Å². The van der Waals surface area contributed by atoms with Gasteiger partial charge in [0.15, 0.2) is 0 Å². The van der Waals surface area contributed by atoms with Crippen molar-refractivity contribution in [1.82, 2.24) is 0 Å². The number of benzene rings is 2. The Morgan fingerprint density at radius 3 is 2.06 bits per heavy atom. The van der Waals surface area contributed by atoms with Crippen LogP contribution < -0.4 is 4.74 Å². The largest absolute Gasteiger partial charge is 0.497 e. The molecule has 2 rings (SSSR count). The van der Waals surface area contributed by atoms with Crippen molar-refractivity contribution >= 4 is 16.8 Å². The van der Waals surface area contributed by atoms with Crippen molar-refractivity contribution in [2.24, 2.45) is 0 Å². The fourth-order valence-electron chi connectivity index (χ4n) is 1.90. The maximum atomic E-state index is 11.6. The van der Waals surface area contributed by atoms with Gasteiger partial charge in [0, 0.05) is 0 Å². The van der Waals surface area contributed by atoms with Crippen LogP contribution >= 0.6 is 11.6 Å². The summed E-state index contributed by atoms with van der Waals surface area (Å²) in [5, 5.41) is -0.383. The van der Waals surface area contributed by atoms with Crippen molar-refractivity contribution in [3.63, 3.8) is 0 Å². The molecule has 0 saturated heterocycles. The molecule has 18 heavy (non-hydrogen) atoms. The van der Waals surface area contributed by atoms with Crippen LogP contribution in [0.25, 0.3) is 0 Å². The third-order valence-electron chi connectivity index (χ3n) is 2.81. The Labute approximate surface area is 111 Å². The smallest absolute Gasteiger partial charge is 0.233 e. The highest BCUT2D eigenvalue weighted by molar-refractivity contribution is 6.65. The zero-order chi connectivity index (χ0) is 13.0. The molecule has 3 heteroatoms. The van der Waals surface area contributed by atoms with E-state index in [0.29, 0.717) is 0 Å². The first-order valence-electron chi connectivity index (χ1n) is 5.60. The lowest BCUT2D eigenvalue weighted by molar-refractivity contribution is -0.112. The van der Waals surface area contributed by atoms with Gasteiger partial charge < -0.3 is 4.74 Å². The van der Waals surface area contributed by atoms with E-state index in [2.05, 4.69) is 0 Å². The first-order valence-corrected chi connectivity index (χ1v) is 5.98. The van der Waals surface area contributed by atoms with Gasteiger partial charge in [-0.05, 0) is 34.9 Å². The van der Waals surface area contributed by atoms with Crippen LogP contribution in [-0.2, 0) is 4.79 Å². The minimum absolute atomic E-state index is 0.383. The minimum atomic E-state index is -0.432. The van der Waals surface area contributed by atoms with Gasteiger partial charge in [-0.15, -0.1) is 0 Å². The van der Waals surface area contributed by atoms with Crippen LogP contribution in [0, 0.1) is 0 Å². The molecule has 0 radical (unpaired) electrons. The van der Waals surface area contributed by atoms with Gasteiger partial charge in [0.05, 0.1) is 13.0 Å². The van der Waals surface area contributed by atoms with Crippen molar-refractivity contribution in [1.29, 1.82) is 0 Å². The van der Waals surface area contributed by atoms with Crippen molar-refractivity contribution in [3.8, 4) is 5.75 Å². The summed E-state index contributed by atoms with van der Waals surface area (Å²) in [5.41, 5.74) is 1.75. The lowest BCUT2D eigenvalue weighted by Crippen LogP contribution is -2.08. The summed E-state index contributed by atoms with van der Waals surface area (Å²) in [5.74, 6) is 0.325. The molecule has 0 heterocycles. The average molecular weight is 261 g/mol. The maximum Gasteiger partial charge on any atom is 0.233 e. The normalized spacial score (nSPS) is 11.9. The van der Waals surface area contributed by atoms with Crippen LogP contribution in [0.15, 0.2) is 54.6 Å². The molecule has 0 aromatic heterocycles. The summed E-state index contributed by atoms with van der Waals surface area (Å²) < 4.78 is 5.10. The molecule has 0 aliphatic carbocycles. The van der Waals surface area contributed by atoms with Crippen LogP contribution in [0.1, 0.15) is 17.0 Å². The highest BCUT2D eigenvalue weighted by Gasteiger charge is 2.20. The first-order chi connectivity index (χ1) is 8.72. The molecule has 0 amide bonds. The monoisotopic (exact) mass is 260 g/mol. The highest BCUT2D eigenvalue weighted by Crippen LogP contribution is 2.28. The third-order valence-corrected chi connectivity index (χ3v) is 3.03. The van der Waals surface area contributed by atoms with E-state index in [-0.39, 0.29) is 5.24 Å². The van der Waals surface area contributed by atoms with E-state index in [0.717, 1.165) is 16.9 Å². The Kier molecular flexibility index (Phi) is 4.00. The standard InChI is InChI=1S/C15H13ClO2/c1-18-13-9-7-12(8-10-13)14(15(16)17)11-5-3-2-4-6-11/h2-10,14H,1H3. The molecular weight excluding hydrogens is 248 g/mol. The Hall–Kier alpha value is -1.80. The third kappa shape index (κ3) is 2.71. The van der Waals surface area contributed by atoms with Gasteiger partial charge in [-0.25, -0.2) is 0 Å². The Balaban J connectivity index is 2.39. The predicted molar refractivity (Wildman–Crippen MR) is 72.1 cm³/mol. The number of hydrogen-bond donors (Lipinski definition) is 0. The summed E-state index contributed by atoms with van der Waals surface area (Å²) >= 11 is 5.72. The second-order valence-electron chi connectivity index (χ2n) is 3.92. The van der Waals surface area contributed by atoms with Gasteiger partial charge in [-0.1, -0.05) is 42.5 Å². The number of methoxy groups -OCH3 is 1. The zero-order valence-corrected chi connectivity index (χ0v) is 10.7. The van der Waals surface area contributed by atoms with Crippen LogP contribution in [-0.4, -0.2) is 12.4 Å². The summed E-state index contributed by atoms with van der Waals surface area (Å²) in [4.78, 5) is 11.6. The number of ether oxygens (including phenoxy) is 1. The number of hydrogen-bond acceptors (Lipinski definition) is 2. The van der Waals surface area contributed by atoms with Gasteiger partial charge in [0.1, 0.15) is 5.75 Å². The van der Waals surface area contributed by atoms with Gasteiger partial charge in [0.2, 0.25) is 5.24 Å². The summed E-state index contributed by atoms with van der Waals surface area (Å²) in [6.07, 6.45) is 0. The topological polar surface area (TPSA) is 26.3 Å². The molecule has 0 fully saturated rings. The fourth-order valence-corrected chi connectivity index (χ4v) is 2.15. The van der Waals surface area contributed by atoms with E-state index in [1.807, 2.05) is 54.6 Å². The van der Waals surface area contributed by atoms with E-state index < -0.39 is 5.92 Å². The molecule has 0 bridgehead atoms. The molecule has 2 aromatic carbocycles. The molecule has 2 nitrogen and oxygen atoms in total. The van der Waals surface area contributed by atoms with Crippen molar-refractivity contribution in [3.05, 3.63) is 65.7 Å². The molecule has 0 aliphatic rings. The molecule has 1 unspecified atom stereocenters. The maximum absolute atomic E-state index is 11.6. The van der Waals surface area contributed by atoms with Crippen LogP contribution in [0.3, 0.4) is 0 Å². The minimum Gasteiger partial charge on any atom is -0.497 e. The Morgan fingerprint density at radius 1 is 1.00 bits per heavy atom. The Bertz CT molecular complexity index is 520. The van der Waals surface area contributed by atoms with Gasteiger partial charge in [-0.3, -0.25) is 4.79 Å². The second-order valence-corrected chi connectivity index (χ2v) is 4.29. The van der Waals surface area contributed by atoms with Crippen LogP contribution in [0.2, 0.25) is 0 Å². The average Bonchev–Trinajstić information content (AvgIpc) is 2.40. The lowest BCUT2D eigenvalue weighted by Gasteiger charge is -2.13. The van der Waals surface area contributed by atoms with Gasteiger partial charge >= 0.3 is 0 Å². The van der Waals surface area contributed by atoms with Crippen molar-refractivity contribution in [2.75, 3.05) is 7.11 Å². The molecule has 1 atom stereocenters. The number of rotatable bonds is 4. The van der Waals surface area contributed by atoms with Crippen LogP contribution in [0.5, 0.6) is 5.75 Å². The number of halogens is 1. The fraction of sp³-hybridized carbons (Fsp3) is 0.133. The second kappa shape index (κ2) is 5.69. The van der Waals surface area contributed by atoms with Crippen molar-refractivity contribution < 1.29 is 9.53 Å². The molecule has 0 N–H and O–H groups in total. The quantitative estimate of drug-likeness (QED) is 0.786. The van der Waals surface area contributed by atoms with E-state index in [9.17, 15) is 4.79 Å². The zero-order valence-electron chi connectivity index (χ0n) is 9.97. The molecular formula is C15H13ClO2. The molecule has 0 aliphatic heterocycles. The van der Waals surface area contributed by atoms with E-state index in [1.54, 1.807) is 7.11 Å². The van der Waals surface area contributed by atoms with E-state index in [4.69, 9.17) is 16.3 Å². The first kappa shape index (κ1) is 12.7. The van der Waals surface area contributed by atoms with E-state index >= 15 is 0 Å². The molecule has 2 aromatic rings. The molecule has 0 saturated carbocycles. The Morgan fingerprint density at radius 2 is 1.56 bits per heavy atom. The SMILES string of the molecule is COc1ccc(C(C(=O)Cl)c2ccccc2)cc1. The molecule has 0 spiro atoms. The summed E-state index contributed by atoms with van der Waals surface area (Å²) in [6.45, 7) is 0. The van der Waals surface area contributed by atoms with Gasteiger partial charge in [-0.2, -0.15) is 0 Å². The number of carbonyl (C=O) groups excluding carboxylic acids is 1. The summed E-state index contributed by atoms with van der Waals surface area (Å²) in [7, 11) is 1.61. The van der Waals surface area contributed by atoms with Gasteiger partial charge in [0.25, 0.3) is 0 Å². The van der Waals surface area contributed by atoms with Crippen molar-refractivity contribution in [2.45, 2.75) is 5.92 Å². The summed E-state index contributed by atoms with van der Waals surface area (Å²) in [6, 6.07) is 16.9. The number of carbonyl (C=O) groups is 1. The highest BCUT2D eigenvalue weighted by atomic mass is 35.5. The van der Waals surface area contributed by atoms with Crippen LogP contribution in [0.4, 0.5) is 0 Å². The lowest BCUT2D eigenvalue weighted by atomic mass is 9.92. The predicted octanol–water partition coefficient (Wildman–Crippen LogP) is 3.59. The molecule has 92 valence electrons.